The van der Waals surface area contributed by atoms with Crippen LogP contribution in [-0.4, -0.2) is 29.3 Å². The molecule has 0 aromatic heterocycles. The second-order valence-electron chi connectivity index (χ2n) is 7.27. The molecule has 7 nitrogen and oxygen atoms in total. The van der Waals surface area contributed by atoms with Gasteiger partial charge in [-0.25, -0.2) is 4.79 Å². The SMILES string of the molecule is CCOC(=O)C1CC(C(C)C)=Nc2ccccc2N1Cc1ccc([N+](=O)[O-])cc1. The molecule has 0 aliphatic carbocycles. The fourth-order valence-electron chi connectivity index (χ4n) is 3.41. The third-order valence-electron chi connectivity index (χ3n) is 4.96. The van der Waals surface area contributed by atoms with Crippen LogP contribution in [0.4, 0.5) is 17.1 Å². The zero-order chi connectivity index (χ0) is 21.0. The molecule has 1 aliphatic heterocycles. The summed E-state index contributed by atoms with van der Waals surface area (Å²) in [5.41, 5.74) is 3.51. The van der Waals surface area contributed by atoms with E-state index in [1.54, 1.807) is 19.1 Å². The van der Waals surface area contributed by atoms with Crippen molar-refractivity contribution in [3.63, 3.8) is 0 Å². The van der Waals surface area contributed by atoms with Crippen LogP contribution in [0.25, 0.3) is 0 Å². The Balaban J connectivity index is 2.03. The zero-order valence-electron chi connectivity index (χ0n) is 16.9. The molecule has 0 saturated carbocycles. The van der Waals surface area contributed by atoms with E-state index >= 15 is 0 Å². The van der Waals surface area contributed by atoms with Crippen LogP contribution in [0.5, 0.6) is 0 Å². The van der Waals surface area contributed by atoms with Crippen molar-refractivity contribution in [2.75, 3.05) is 11.5 Å². The summed E-state index contributed by atoms with van der Waals surface area (Å²) >= 11 is 0. The van der Waals surface area contributed by atoms with Gasteiger partial charge in [0.2, 0.25) is 0 Å². The van der Waals surface area contributed by atoms with E-state index in [0.29, 0.717) is 19.6 Å². The fourth-order valence-corrected chi connectivity index (χ4v) is 3.41. The third kappa shape index (κ3) is 4.62. The lowest BCUT2D eigenvalue weighted by Crippen LogP contribution is -2.43. The van der Waals surface area contributed by atoms with Gasteiger partial charge in [-0.2, -0.15) is 0 Å². The minimum absolute atomic E-state index is 0.0392. The molecule has 0 N–H and O–H groups in total. The number of esters is 1. The van der Waals surface area contributed by atoms with E-state index in [9.17, 15) is 14.9 Å². The quantitative estimate of drug-likeness (QED) is 0.403. The molecule has 0 radical (unpaired) electrons. The lowest BCUT2D eigenvalue weighted by molar-refractivity contribution is -0.384. The number of hydrogen-bond acceptors (Lipinski definition) is 6. The smallest absolute Gasteiger partial charge is 0.329 e. The maximum Gasteiger partial charge on any atom is 0.329 e. The Labute approximate surface area is 170 Å². The highest BCUT2D eigenvalue weighted by atomic mass is 16.6. The molecule has 0 amide bonds. The summed E-state index contributed by atoms with van der Waals surface area (Å²) in [6.45, 7) is 6.64. The van der Waals surface area contributed by atoms with Crippen LogP contribution in [0.2, 0.25) is 0 Å². The van der Waals surface area contributed by atoms with Crippen LogP contribution in [0, 0.1) is 16.0 Å². The molecule has 0 bridgehead atoms. The molecule has 1 heterocycles. The highest BCUT2D eigenvalue weighted by Gasteiger charge is 2.33. The lowest BCUT2D eigenvalue weighted by atomic mass is 9.99. The van der Waals surface area contributed by atoms with Gasteiger partial charge >= 0.3 is 5.97 Å². The largest absolute Gasteiger partial charge is 0.464 e. The summed E-state index contributed by atoms with van der Waals surface area (Å²) < 4.78 is 5.37. The minimum Gasteiger partial charge on any atom is -0.464 e. The van der Waals surface area contributed by atoms with Crippen molar-refractivity contribution < 1.29 is 14.5 Å². The van der Waals surface area contributed by atoms with Crippen molar-refractivity contribution in [2.45, 2.75) is 39.8 Å². The monoisotopic (exact) mass is 395 g/mol. The van der Waals surface area contributed by atoms with Crippen LogP contribution < -0.4 is 4.90 Å². The fraction of sp³-hybridized carbons (Fsp3) is 0.364. The van der Waals surface area contributed by atoms with E-state index in [4.69, 9.17) is 9.73 Å². The number of carbonyl (C=O) groups excluding carboxylic acids is 1. The molecule has 152 valence electrons. The predicted octanol–water partition coefficient (Wildman–Crippen LogP) is 4.67. The number of para-hydroxylation sites is 2. The number of benzene rings is 2. The molecular formula is C22H25N3O4. The van der Waals surface area contributed by atoms with E-state index in [2.05, 4.69) is 13.8 Å². The number of hydrogen-bond donors (Lipinski definition) is 0. The Morgan fingerprint density at radius 3 is 2.55 bits per heavy atom. The molecule has 1 unspecified atom stereocenters. The summed E-state index contributed by atoms with van der Waals surface area (Å²) in [5.74, 6) is -0.0984. The molecule has 2 aromatic rings. The Bertz CT molecular complexity index is 922. The van der Waals surface area contributed by atoms with Gasteiger partial charge < -0.3 is 9.64 Å². The van der Waals surface area contributed by atoms with Gasteiger partial charge in [-0.05, 0) is 30.5 Å². The Kier molecular flexibility index (Phi) is 6.26. The second kappa shape index (κ2) is 8.86. The first-order valence-electron chi connectivity index (χ1n) is 9.73. The van der Waals surface area contributed by atoms with Gasteiger partial charge in [0.25, 0.3) is 5.69 Å². The maximum atomic E-state index is 12.9. The Hall–Kier alpha value is -3.22. The summed E-state index contributed by atoms with van der Waals surface area (Å²) in [6, 6.07) is 13.6. The minimum atomic E-state index is -0.519. The van der Waals surface area contributed by atoms with Crippen molar-refractivity contribution >= 4 is 28.7 Å². The molecule has 29 heavy (non-hydrogen) atoms. The molecule has 3 rings (SSSR count). The van der Waals surface area contributed by atoms with Crippen molar-refractivity contribution in [3.8, 4) is 0 Å². The topological polar surface area (TPSA) is 85.0 Å². The molecule has 0 fully saturated rings. The number of nitro groups is 1. The summed E-state index contributed by atoms with van der Waals surface area (Å²) in [5, 5.41) is 10.9. The molecule has 0 saturated heterocycles. The van der Waals surface area contributed by atoms with Crippen LogP contribution in [0.15, 0.2) is 53.5 Å². The van der Waals surface area contributed by atoms with Gasteiger partial charge in [-0.3, -0.25) is 15.1 Å². The van der Waals surface area contributed by atoms with Crippen molar-refractivity contribution in [3.05, 3.63) is 64.2 Å². The zero-order valence-corrected chi connectivity index (χ0v) is 16.9. The van der Waals surface area contributed by atoms with Crippen LogP contribution >= 0.6 is 0 Å². The summed E-state index contributed by atoms with van der Waals surface area (Å²) in [6.07, 6.45) is 0.470. The van der Waals surface area contributed by atoms with E-state index in [-0.39, 0.29) is 17.6 Å². The van der Waals surface area contributed by atoms with Gasteiger partial charge in [0.05, 0.1) is 22.9 Å². The van der Waals surface area contributed by atoms with Crippen molar-refractivity contribution in [2.24, 2.45) is 10.9 Å². The van der Waals surface area contributed by atoms with Gasteiger partial charge in [0.15, 0.2) is 0 Å². The van der Waals surface area contributed by atoms with Gasteiger partial charge in [0, 0.05) is 30.8 Å². The molecule has 7 heteroatoms. The number of non-ortho nitro benzene ring substituents is 1. The van der Waals surface area contributed by atoms with Gasteiger partial charge in [-0.15, -0.1) is 0 Å². The van der Waals surface area contributed by atoms with E-state index in [1.165, 1.54) is 12.1 Å². The molecule has 1 aliphatic rings. The maximum absolute atomic E-state index is 12.9. The number of carbonyl (C=O) groups is 1. The average molecular weight is 395 g/mol. The highest BCUT2D eigenvalue weighted by molar-refractivity contribution is 5.97. The summed E-state index contributed by atoms with van der Waals surface area (Å²) in [7, 11) is 0. The lowest BCUT2D eigenvalue weighted by Gasteiger charge is -2.31. The Morgan fingerprint density at radius 1 is 1.24 bits per heavy atom. The number of nitrogens with zero attached hydrogens (tertiary/aromatic N) is 3. The number of ether oxygens (including phenoxy) is 1. The first-order chi connectivity index (χ1) is 13.9. The number of rotatable bonds is 6. The van der Waals surface area contributed by atoms with Gasteiger partial charge in [0.1, 0.15) is 6.04 Å². The van der Waals surface area contributed by atoms with Crippen LogP contribution in [0.3, 0.4) is 0 Å². The normalized spacial score (nSPS) is 16.1. The third-order valence-corrected chi connectivity index (χ3v) is 4.96. The second-order valence-corrected chi connectivity index (χ2v) is 7.27. The van der Waals surface area contributed by atoms with Crippen molar-refractivity contribution in [1.82, 2.24) is 0 Å². The van der Waals surface area contributed by atoms with Crippen molar-refractivity contribution in [1.29, 1.82) is 0 Å². The number of nitro benzene ring substituents is 1. The molecule has 0 spiro atoms. The van der Waals surface area contributed by atoms with Crippen LogP contribution in [-0.2, 0) is 16.1 Å². The number of anilines is 1. The summed E-state index contributed by atoms with van der Waals surface area (Å²) in [4.78, 5) is 30.2. The molecule has 2 aromatic carbocycles. The standard InChI is InChI=1S/C22H25N3O4/c1-4-29-22(26)21-13-19(15(2)3)23-18-7-5-6-8-20(18)24(21)14-16-9-11-17(12-10-16)25(27)28/h5-12,15,21H,4,13-14H2,1-3H3. The number of aliphatic imine (C=N–C) groups is 1. The first-order valence-corrected chi connectivity index (χ1v) is 9.73. The average Bonchev–Trinajstić information content (AvgIpc) is 2.86. The van der Waals surface area contributed by atoms with E-state index in [1.807, 2.05) is 29.2 Å². The van der Waals surface area contributed by atoms with Gasteiger partial charge in [-0.1, -0.05) is 38.1 Å². The molecule has 1 atom stereocenters. The number of fused-ring (bicyclic) bond motifs is 1. The van der Waals surface area contributed by atoms with E-state index < -0.39 is 11.0 Å². The molecular weight excluding hydrogens is 370 g/mol. The highest BCUT2D eigenvalue weighted by Crippen LogP contribution is 2.36. The predicted molar refractivity (Wildman–Crippen MR) is 113 cm³/mol. The Morgan fingerprint density at radius 2 is 1.93 bits per heavy atom. The van der Waals surface area contributed by atoms with E-state index in [0.717, 1.165) is 22.6 Å². The first kappa shape index (κ1) is 20.5. The van der Waals surface area contributed by atoms with Crippen LogP contribution in [0.1, 0.15) is 32.8 Å².